The summed E-state index contributed by atoms with van der Waals surface area (Å²) in [5.41, 5.74) is 3.75. The van der Waals surface area contributed by atoms with Crippen LogP contribution in [0.2, 0.25) is 5.02 Å². The molecule has 0 atom stereocenters. The van der Waals surface area contributed by atoms with E-state index in [0.29, 0.717) is 10.6 Å². The number of benzene rings is 2. The van der Waals surface area contributed by atoms with Crippen molar-refractivity contribution in [3.8, 4) is 5.75 Å². The molecular weight excluding hydrogens is 276 g/mol. The van der Waals surface area contributed by atoms with Crippen LogP contribution in [0.1, 0.15) is 11.1 Å². The summed E-state index contributed by atoms with van der Waals surface area (Å²) >= 11 is 5.84. The summed E-state index contributed by atoms with van der Waals surface area (Å²) in [5.74, 6) is -0.140. The Labute approximate surface area is 121 Å². The van der Waals surface area contributed by atoms with E-state index in [1.54, 1.807) is 42.5 Å². The van der Waals surface area contributed by atoms with Gasteiger partial charge in [0.2, 0.25) is 5.91 Å². The molecule has 0 fully saturated rings. The third-order valence-electron chi connectivity index (χ3n) is 2.58. The number of carbonyl (C=O) groups is 1. The molecule has 20 heavy (non-hydrogen) atoms. The SMILES string of the molecule is O=C(Cc1cccc(Cl)c1)NN=Cc1ccccc1O. The highest BCUT2D eigenvalue weighted by Gasteiger charge is 2.02. The summed E-state index contributed by atoms with van der Waals surface area (Å²) in [6.07, 6.45) is 1.59. The van der Waals surface area contributed by atoms with Crippen LogP contribution in [0.4, 0.5) is 0 Å². The first kappa shape index (κ1) is 14.1. The number of phenols is 1. The van der Waals surface area contributed by atoms with Crippen molar-refractivity contribution in [3.63, 3.8) is 0 Å². The van der Waals surface area contributed by atoms with Crippen molar-refractivity contribution >= 4 is 23.7 Å². The van der Waals surface area contributed by atoms with Gasteiger partial charge >= 0.3 is 0 Å². The maximum absolute atomic E-state index is 11.7. The van der Waals surface area contributed by atoms with Crippen molar-refractivity contribution < 1.29 is 9.90 Å². The van der Waals surface area contributed by atoms with E-state index in [4.69, 9.17) is 11.6 Å². The van der Waals surface area contributed by atoms with Crippen molar-refractivity contribution in [3.05, 3.63) is 64.7 Å². The molecule has 0 aliphatic rings. The van der Waals surface area contributed by atoms with Gasteiger partial charge in [-0.15, -0.1) is 0 Å². The molecule has 0 heterocycles. The maximum Gasteiger partial charge on any atom is 0.244 e. The number of hydrogen-bond acceptors (Lipinski definition) is 3. The van der Waals surface area contributed by atoms with E-state index in [0.717, 1.165) is 5.56 Å². The van der Waals surface area contributed by atoms with Crippen molar-refractivity contribution in [1.29, 1.82) is 0 Å². The topological polar surface area (TPSA) is 61.7 Å². The maximum atomic E-state index is 11.7. The Balaban J connectivity index is 1.91. The number of halogens is 1. The summed E-state index contributed by atoms with van der Waals surface area (Å²) in [6, 6.07) is 13.8. The highest BCUT2D eigenvalue weighted by Crippen LogP contribution is 2.13. The number of rotatable bonds is 4. The fourth-order valence-corrected chi connectivity index (χ4v) is 1.86. The van der Waals surface area contributed by atoms with Crippen molar-refractivity contribution in [2.75, 3.05) is 0 Å². The van der Waals surface area contributed by atoms with Crippen molar-refractivity contribution in [2.24, 2.45) is 5.10 Å². The van der Waals surface area contributed by atoms with Crippen LogP contribution in [0, 0.1) is 0 Å². The predicted molar refractivity (Wildman–Crippen MR) is 79.0 cm³/mol. The Morgan fingerprint density at radius 3 is 2.80 bits per heavy atom. The quantitative estimate of drug-likeness (QED) is 0.671. The summed E-state index contributed by atoms with van der Waals surface area (Å²) in [4.78, 5) is 11.7. The monoisotopic (exact) mass is 288 g/mol. The number of para-hydroxylation sites is 1. The van der Waals surface area contributed by atoms with Gasteiger partial charge in [0, 0.05) is 10.6 Å². The van der Waals surface area contributed by atoms with Crippen molar-refractivity contribution in [1.82, 2.24) is 5.43 Å². The van der Waals surface area contributed by atoms with Gasteiger partial charge in [-0.2, -0.15) is 5.10 Å². The summed E-state index contributed by atoms with van der Waals surface area (Å²) in [5, 5.41) is 13.9. The van der Waals surface area contributed by atoms with E-state index < -0.39 is 0 Å². The zero-order valence-electron chi connectivity index (χ0n) is 10.6. The first-order valence-corrected chi connectivity index (χ1v) is 6.37. The zero-order chi connectivity index (χ0) is 14.4. The molecule has 1 amide bonds. The Hall–Kier alpha value is -2.33. The molecule has 0 aliphatic carbocycles. The Morgan fingerprint density at radius 2 is 2.05 bits per heavy atom. The second-order valence-electron chi connectivity index (χ2n) is 4.16. The fourth-order valence-electron chi connectivity index (χ4n) is 1.64. The highest BCUT2D eigenvalue weighted by molar-refractivity contribution is 6.30. The predicted octanol–water partition coefficient (Wildman–Crippen LogP) is 2.74. The first-order valence-electron chi connectivity index (χ1n) is 5.99. The number of hydrogen-bond donors (Lipinski definition) is 2. The van der Waals surface area contributed by atoms with Gasteiger partial charge in [0.05, 0.1) is 12.6 Å². The van der Waals surface area contributed by atoms with Crippen LogP contribution >= 0.6 is 11.6 Å². The number of nitrogens with one attached hydrogen (secondary N) is 1. The minimum Gasteiger partial charge on any atom is -0.507 e. The molecule has 0 aliphatic heterocycles. The average Bonchev–Trinajstić information content (AvgIpc) is 2.41. The molecule has 0 saturated heterocycles. The van der Waals surface area contributed by atoms with Gasteiger partial charge in [-0.05, 0) is 29.8 Å². The molecule has 0 radical (unpaired) electrons. The molecule has 0 spiro atoms. The summed E-state index contributed by atoms with van der Waals surface area (Å²) < 4.78 is 0. The number of phenolic OH excluding ortho intramolecular Hbond substituents is 1. The van der Waals surface area contributed by atoms with Gasteiger partial charge < -0.3 is 5.11 Å². The first-order chi connectivity index (χ1) is 9.65. The lowest BCUT2D eigenvalue weighted by Crippen LogP contribution is -2.19. The van der Waals surface area contributed by atoms with E-state index in [1.165, 1.54) is 6.21 Å². The number of nitrogens with zero attached hydrogens (tertiary/aromatic N) is 1. The lowest BCUT2D eigenvalue weighted by molar-refractivity contribution is -0.120. The molecule has 102 valence electrons. The van der Waals surface area contributed by atoms with Crippen LogP contribution in [0.3, 0.4) is 0 Å². The molecule has 2 aromatic carbocycles. The van der Waals surface area contributed by atoms with E-state index in [9.17, 15) is 9.90 Å². The number of carbonyl (C=O) groups excluding carboxylic acids is 1. The Morgan fingerprint density at radius 1 is 1.25 bits per heavy atom. The Kier molecular flexibility index (Phi) is 4.74. The molecule has 2 aromatic rings. The summed E-state index contributed by atoms with van der Waals surface area (Å²) in [6.45, 7) is 0. The Bertz CT molecular complexity index is 641. The van der Waals surface area contributed by atoms with Crippen LogP contribution in [0.15, 0.2) is 53.6 Å². The summed E-state index contributed by atoms with van der Waals surface area (Å²) in [7, 11) is 0. The van der Waals surface area contributed by atoms with Gasteiger partial charge in [-0.3, -0.25) is 4.79 Å². The van der Waals surface area contributed by atoms with Gasteiger partial charge in [-0.25, -0.2) is 5.43 Å². The van der Waals surface area contributed by atoms with E-state index in [-0.39, 0.29) is 18.1 Å². The minimum absolute atomic E-state index is 0.111. The molecule has 2 N–H and O–H groups in total. The molecular formula is C15H13ClN2O2. The lowest BCUT2D eigenvalue weighted by Gasteiger charge is -2.01. The fraction of sp³-hybridized carbons (Fsp3) is 0.0667. The largest absolute Gasteiger partial charge is 0.507 e. The smallest absolute Gasteiger partial charge is 0.244 e. The molecule has 0 unspecified atom stereocenters. The molecule has 0 aromatic heterocycles. The highest BCUT2D eigenvalue weighted by atomic mass is 35.5. The van der Waals surface area contributed by atoms with Gasteiger partial charge in [-0.1, -0.05) is 35.9 Å². The second-order valence-corrected chi connectivity index (χ2v) is 4.60. The van der Waals surface area contributed by atoms with Gasteiger partial charge in [0.15, 0.2) is 0 Å². The van der Waals surface area contributed by atoms with Crippen molar-refractivity contribution in [2.45, 2.75) is 6.42 Å². The third kappa shape index (κ3) is 4.10. The lowest BCUT2D eigenvalue weighted by atomic mass is 10.1. The van der Waals surface area contributed by atoms with Gasteiger partial charge in [0.1, 0.15) is 5.75 Å². The van der Waals surface area contributed by atoms with Crippen LogP contribution < -0.4 is 5.43 Å². The number of aromatic hydroxyl groups is 1. The van der Waals surface area contributed by atoms with Crippen LogP contribution in [0.5, 0.6) is 5.75 Å². The molecule has 5 heteroatoms. The third-order valence-corrected chi connectivity index (χ3v) is 2.82. The minimum atomic E-state index is -0.251. The molecule has 4 nitrogen and oxygen atoms in total. The van der Waals surface area contributed by atoms with Crippen LogP contribution in [0.25, 0.3) is 0 Å². The van der Waals surface area contributed by atoms with Crippen LogP contribution in [-0.4, -0.2) is 17.2 Å². The van der Waals surface area contributed by atoms with E-state index in [2.05, 4.69) is 10.5 Å². The zero-order valence-corrected chi connectivity index (χ0v) is 11.3. The van der Waals surface area contributed by atoms with E-state index >= 15 is 0 Å². The number of hydrazone groups is 1. The van der Waals surface area contributed by atoms with Gasteiger partial charge in [0.25, 0.3) is 0 Å². The molecule has 2 rings (SSSR count). The van der Waals surface area contributed by atoms with E-state index in [1.807, 2.05) is 6.07 Å². The molecule has 0 bridgehead atoms. The standard InChI is InChI=1S/C15H13ClN2O2/c16-13-6-3-4-11(8-13)9-15(20)18-17-10-12-5-1-2-7-14(12)19/h1-8,10,19H,9H2,(H,18,20). The normalized spacial score (nSPS) is 10.7. The number of amides is 1. The van der Waals surface area contributed by atoms with Crippen LogP contribution in [-0.2, 0) is 11.2 Å². The molecule has 0 saturated carbocycles. The average molecular weight is 289 g/mol. The second kappa shape index (κ2) is 6.73.